The molecule has 5 rings (SSSR count). The Morgan fingerprint density at radius 2 is 1.82 bits per heavy atom. The normalized spacial score (nSPS) is 15.6. The van der Waals surface area contributed by atoms with Crippen LogP contribution in [-0.2, 0) is 10.9 Å². The minimum atomic E-state index is -4.47. The molecule has 208 valence electrons. The van der Waals surface area contributed by atoms with Crippen LogP contribution in [0.4, 0.5) is 29.5 Å². The third kappa shape index (κ3) is 5.40. The largest absolute Gasteiger partial charge is 0.444 e. The molecule has 1 N–H and O–H groups in total. The van der Waals surface area contributed by atoms with E-state index in [9.17, 15) is 22.8 Å². The lowest BCUT2D eigenvalue weighted by atomic mass is 10.1. The number of ether oxygens (including phenoxy) is 1. The van der Waals surface area contributed by atoms with Gasteiger partial charge in [-0.3, -0.25) is 14.8 Å². The molecule has 0 radical (unpaired) electrons. The first-order valence-electron chi connectivity index (χ1n) is 12.3. The van der Waals surface area contributed by atoms with E-state index < -0.39 is 29.3 Å². The van der Waals surface area contributed by atoms with Crippen molar-refractivity contribution in [1.82, 2.24) is 19.9 Å². The van der Waals surface area contributed by atoms with Crippen LogP contribution in [0, 0.1) is 0 Å². The summed E-state index contributed by atoms with van der Waals surface area (Å²) >= 11 is 0. The Bertz CT molecular complexity index is 1550. The summed E-state index contributed by atoms with van der Waals surface area (Å²) in [5.74, 6) is 0.139. The number of alkyl halides is 3. The summed E-state index contributed by atoms with van der Waals surface area (Å²) in [7, 11) is 0. The Morgan fingerprint density at radius 1 is 1.10 bits per heavy atom. The van der Waals surface area contributed by atoms with Gasteiger partial charge in [0.2, 0.25) is 0 Å². The maximum absolute atomic E-state index is 13.5. The third-order valence-electron chi connectivity index (χ3n) is 6.08. The molecule has 3 aromatic heterocycles. The highest BCUT2D eigenvalue weighted by molar-refractivity contribution is 6.09. The van der Waals surface area contributed by atoms with Crippen molar-refractivity contribution in [3.05, 3.63) is 66.1 Å². The van der Waals surface area contributed by atoms with Gasteiger partial charge in [0.25, 0.3) is 5.91 Å². The third-order valence-corrected chi connectivity index (χ3v) is 6.08. The van der Waals surface area contributed by atoms with E-state index in [1.807, 2.05) is 6.92 Å². The highest BCUT2D eigenvalue weighted by Gasteiger charge is 2.36. The quantitative estimate of drug-likeness (QED) is 0.320. The summed E-state index contributed by atoms with van der Waals surface area (Å²) in [6, 6.07) is 9.11. The van der Waals surface area contributed by atoms with Gasteiger partial charge in [0.05, 0.1) is 23.4 Å². The van der Waals surface area contributed by atoms with Gasteiger partial charge in [0.1, 0.15) is 22.8 Å². The van der Waals surface area contributed by atoms with Crippen LogP contribution >= 0.6 is 0 Å². The minimum Gasteiger partial charge on any atom is -0.444 e. The first-order chi connectivity index (χ1) is 18.8. The highest BCUT2D eigenvalue weighted by Crippen LogP contribution is 2.36. The van der Waals surface area contributed by atoms with Gasteiger partial charge in [-0.2, -0.15) is 18.3 Å². The van der Waals surface area contributed by atoms with Crippen molar-refractivity contribution in [2.24, 2.45) is 0 Å². The molecule has 2 amide bonds. The number of hydrogen-bond acceptors (Lipinski definition) is 7. The van der Waals surface area contributed by atoms with Gasteiger partial charge in [0, 0.05) is 30.1 Å². The van der Waals surface area contributed by atoms with Crippen LogP contribution in [0.25, 0.3) is 22.6 Å². The molecule has 1 aromatic carbocycles. The van der Waals surface area contributed by atoms with Crippen molar-refractivity contribution >= 4 is 23.5 Å². The summed E-state index contributed by atoms with van der Waals surface area (Å²) in [4.78, 5) is 31.1. The molecule has 4 aromatic rings. The molecule has 1 aliphatic rings. The maximum atomic E-state index is 13.5. The Kier molecular flexibility index (Phi) is 6.60. The van der Waals surface area contributed by atoms with Crippen molar-refractivity contribution in [3.8, 4) is 22.6 Å². The van der Waals surface area contributed by atoms with E-state index in [1.54, 1.807) is 43.7 Å². The molecule has 0 fully saturated rings. The van der Waals surface area contributed by atoms with E-state index in [4.69, 9.17) is 9.26 Å². The topological polar surface area (TPSA) is 115 Å². The molecule has 0 spiro atoms. The molecular weight excluding hydrogens is 529 g/mol. The van der Waals surface area contributed by atoms with E-state index in [0.717, 1.165) is 12.1 Å². The molecule has 1 aliphatic heterocycles. The Balaban J connectivity index is 1.37. The molecule has 10 nitrogen and oxygen atoms in total. The van der Waals surface area contributed by atoms with Crippen molar-refractivity contribution in [1.29, 1.82) is 0 Å². The molecule has 0 saturated carbocycles. The number of amides is 2. The molecule has 40 heavy (non-hydrogen) atoms. The lowest BCUT2D eigenvalue weighted by Gasteiger charge is -2.32. The predicted molar refractivity (Wildman–Crippen MR) is 139 cm³/mol. The van der Waals surface area contributed by atoms with Crippen LogP contribution < -0.4 is 10.2 Å². The molecule has 13 heteroatoms. The summed E-state index contributed by atoms with van der Waals surface area (Å²) in [5, 5.41) is 11.0. The zero-order valence-corrected chi connectivity index (χ0v) is 22.0. The Hall–Kier alpha value is -4.68. The Labute approximate surface area is 226 Å². The predicted octanol–water partition coefficient (Wildman–Crippen LogP) is 6.19. The van der Waals surface area contributed by atoms with E-state index in [1.165, 1.54) is 29.4 Å². The molecule has 4 heterocycles. The number of nitrogens with one attached hydrogen (secondary N) is 1. The van der Waals surface area contributed by atoms with Gasteiger partial charge in [0.15, 0.2) is 5.76 Å². The lowest BCUT2D eigenvalue weighted by molar-refractivity contribution is -0.137. The van der Waals surface area contributed by atoms with Crippen LogP contribution in [0.15, 0.2) is 59.4 Å². The van der Waals surface area contributed by atoms with E-state index in [2.05, 4.69) is 20.6 Å². The maximum Gasteiger partial charge on any atom is 0.416 e. The number of halogens is 3. The van der Waals surface area contributed by atoms with Gasteiger partial charge < -0.3 is 14.2 Å². The van der Waals surface area contributed by atoms with Gasteiger partial charge in [-0.25, -0.2) is 9.78 Å². The van der Waals surface area contributed by atoms with Gasteiger partial charge in [-0.15, -0.1) is 0 Å². The molecule has 0 aliphatic carbocycles. The molecule has 1 atom stereocenters. The highest BCUT2D eigenvalue weighted by atomic mass is 19.4. The molecule has 0 saturated heterocycles. The van der Waals surface area contributed by atoms with Crippen LogP contribution in [-0.4, -0.2) is 44.1 Å². The summed E-state index contributed by atoms with van der Waals surface area (Å²) in [5.41, 5.74) is 0.547. The monoisotopic (exact) mass is 554 g/mol. The number of hydrogen-bond donors (Lipinski definition) is 1. The molecule has 1 unspecified atom stereocenters. The second-order valence-electron chi connectivity index (χ2n) is 10.3. The van der Waals surface area contributed by atoms with Crippen molar-refractivity contribution in [3.63, 3.8) is 0 Å². The van der Waals surface area contributed by atoms with Gasteiger partial charge >= 0.3 is 12.3 Å². The average molecular weight is 555 g/mol. The van der Waals surface area contributed by atoms with Gasteiger partial charge in [-0.05, 0) is 64.1 Å². The number of carbonyl (C=O) groups excluding carboxylic acids is 2. The average Bonchev–Trinajstić information content (AvgIpc) is 3.53. The first kappa shape index (κ1) is 26.9. The number of benzene rings is 1. The van der Waals surface area contributed by atoms with Crippen LogP contribution in [0.1, 0.15) is 49.8 Å². The number of anilines is 2. The van der Waals surface area contributed by atoms with Crippen molar-refractivity contribution in [2.45, 2.75) is 45.5 Å². The van der Waals surface area contributed by atoms with Crippen LogP contribution in [0.3, 0.4) is 0 Å². The fourth-order valence-corrected chi connectivity index (χ4v) is 4.26. The van der Waals surface area contributed by atoms with E-state index >= 15 is 0 Å². The number of pyridine rings is 1. The fraction of sp³-hybridized carbons (Fsp3) is 0.296. The second kappa shape index (κ2) is 9.81. The number of rotatable bonds is 4. The van der Waals surface area contributed by atoms with E-state index in [0.29, 0.717) is 22.5 Å². The first-order valence-corrected chi connectivity index (χ1v) is 12.3. The van der Waals surface area contributed by atoms with Crippen LogP contribution in [0.2, 0.25) is 0 Å². The minimum absolute atomic E-state index is 0.231. The smallest absolute Gasteiger partial charge is 0.416 e. The SMILES string of the molecule is CC1CN(c2ccc(C(F)(F)F)cc2)C(=O)c2c(-c3cc(-c4ccc(NC(=O)OC(C)(C)C)nc4)no3)cnn21. The standard InChI is InChI=1S/C27H25F3N6O4/c1-15-14-35(18-8-6-17(7-9-18)27(28,29)30)24(37)23-19(13-32-36(15)23)21-11-20(34-40-21)16-5-10-22(31-12-16)33-25(38)39-26(2,3)4/h5-13,15H,14H2,1-4H3,(H,31,33,38). The van der Waals surface area contributed by atoms with Crippen molar-refractivity contribution < 1.29 is 32.0 Å². The zero-order chi connectivity index (χ0) is 28.8. The van der Waals surface area contributed by atoms with Crippen LogP contribution in [0.5, 0.6) is 0 Å². The molecule has 0 bridgehead atoms. The number of nitrogens with zero attached hydrogens (tertiary/aromatic N) is 5. The summed E-state index contributed by atoms with van der Waals surface area (Å²) in [6.45, 7) is 7.35. The number of carbonyl (C=O) groups is 2. The zero-order valence-electron chi connectivity index (χ0n) is 22.0. The Morgan fingerprint density at radius 3 is 2.45 bits per heavy atom. The lowest BCUT2D eigenvalue weighted by Crippen LogP contribution is -2.42. The van der Waals surface area contributed by atoms with Gasteiger partial charge in [-0.1, -0.05) is 5.16 Å². The van der Waals surface area contributed by atoms with E-state index in [-0.39, 0.29) is 29.9 Å². The molecular formula is C27H25F3N6O4. The summed E-state index contributed by atoms with van der Waals surface area (Å²) < 4.78 is 51.4. The summed E-state index contributed by atoms with van der Waals surface area (Å²) in [6.07, 6.45) is -2.11. The second-order valence-corrected chi connectivity index (χ2v) is 10.3. The number of fused-ring (bicyclic) bond motifs is 1. The van der Waals surface area contributed by atoms with Crippen molar-refractivity contribution in [2.75, 3.05) is 16.8 Å². The number of aromatic nitrogens is 4. The fourth-order valence-electron chi connectivity index (χ4n) is 4.26.